The van der Waals surface area contributed by atoms with E-state index >= 15 is 0 Å². The number of rotatable bonds is 4. The van der Waals surface area contributed by atoms with Gasteiger partial charge in [0.2, 0.25) is 0 Å². The average molecular weight is 232 g/mol. The fraction of sp³-hybridized carbons (Fsp3) is 0.385. The number of aromatic nitrogens is 2. The van der Waals surface area contributed by atoms with E-state index in [1.807, 2.05) is 19.9 Å². The maximum absolute atomic E-state index is 11.9. The maximum atomic E-state index is 11.9. The second kappa shape index (κ2) is 4.67. The van der Waals surface area contributed by atoms with Gasteiger partial charge in [0.1, 0.15) is 12.4 Å². The number of fused-ring (bicyclic) bond motifs is 1. The Balaban J connectivity index is 2.50. The summed E-state index contributed by atoms with van der Waals surface area (Å²) < 4.78 is 0. The van der Waals surface area contributed by atoms with Crippen LogP contribution in [0.4, 0.5) is 0 Å². The van der Waals surface area contributed by atoms with E-state index in [9.17, 15) is 4.79 Å². The number of carbonyl (C=O) groups is 1. The lowest BCUT2D eigenvalue weighted by atomic mass is 10.0. The molecule has 4 nitrogen and oxygen atoms in total. The van der Waals surface area contributed by atoms with Crippen LogP contribution < -0.4 is 0 Å². The summed E-state index contributed by atoms with van der Waals surface area (Å²) in [6, 6.07) is 3.71. The largest absolute Gasteiger partial charge is 0.388 e. The number of H-pyrrole nitrogens is 1. The minimum atomic E-state index is -0.119. The van der Waals surface area contributed by atoms with Crippen LogP contribution in [0.5, 0.6) is 0 Å². The molecule has 1 heterocycles. The molecule has 90 valence electrons. The number of aromatic amines is 1. The molecule has 0 atom stereocenters. The van der Waals surface area contributed by atoms with Gasteiger partial charge < -0.3 is 10.1 Å². The van der Waals surface area contributed by atoms with Crippen LogP contribution >= 0.6 is 0 Å². The molecule has 17 heavy (non-hydrogen) atoms. The highest BCUT2D eigenvalue weighted by Crippen LogP contribution is 2.19. The van der Waals surface area contributed by atoms with Gasteiger partial charge >= 0.3 is 0 Å². The fourth-order valence-electron chi connectivity index (χ4n) is 1.95. The molecule has 2 aromatic rings. The van der Waals surface area contributed by atoms with E-state index < -0.39 is 0 Å². The van der Waals surface area contributed by atoms with Crippen LogP contribution in [0.25, 0.3) is 11.0 Å². The van der Waals surface area contributed by atoms with Crippen molar-refractivity contribution in [3.05, 3.63) is 29.1 Å². The van der Waals surface area contributed by atoms with Crippen molar-refractivity contribution in [2.75, 3.05) is 0 Å². The Morgan fingerprint density at radius 1 is 1.47 bits per heavy atom. The molecule has 0 saturated carbocycles. The van der Waals surface area contributed by atoms with Gasteiger partial charge in [0.15, 0.2) is 5.78 Å². The van der Waals surface area contributed by atoms with Gasteiger partial charge in [-0.25, -0.2) is 4.98 Å². The number of hydrogen-bond acceptors (Lipinski definition) is 3. The summed E-state index contributed by atoms with van der Waals surface area (Å²) in [4.78, 5) is 19.1. The first-order valence-electron chi connectivity index (χ1n) is 5.79. The molecule has 0 unspecified atom stereocenters. The molecule has 2 rings (SSSR count). The van der Waals surface area contributed by atoms with Crippen molar-refractivity contribution >= 4 is 16.8 Å². The van der Waals surface area contributed by atoms with Crippen LogP contribution in [0, 0.1) is 6.92 Å². The number of aliphatic hydroxyl groups excluding tert-OH is 1. The highest BCUT2D eigenvalue weighted by atomic mass is 16.3. The highest BCUT2D eigenvalue weighted by Gasteiger charge is 2.11. The summed E-state index contributed by atoms with van der Waals surface area (Å²) in [7, 11) is 0. The summed E-state index contributed by atoms with van der Waals surface area (Å²) in [5.41, 5.74) is 3.28. The van der Waals surface area contributed by atoms with E-state index in [4.69, 9.17) is 5.11 Å². The number of nitrogens with zero attached hydrogens (tertiary/aromatic N) is 1. The number of imidazole rings is 1. The molecule has 0 fully saturated rings. The minimum Gasteiger partial charge on any atom is -0.388 e. The first kappa shape index (κ1) is 11.8. The lowest BCUT2D eigenvalue weighted by Gasteiger charge is -2.03. The van der Waals surface area contributed by atoms with Crippen molar-refractivity contribution < 1.29 is 9.90 Å². The molecule has 0 aliphatic heterocycles. The van der Waals surface area contributed by atoms with Crippen molar-refractivity contribution in [3.63, 3.8) is 0 Å². The van der Waals surface area contributed by atoms with E-state index in [-0.39, 0.29) is 12.4 Å². The highest BCUT2D eigenvalue weighted by molar-refractivity contribution is 6.00. The van der Waals surface area contributed by atoms with E-state index in [0.717, 1.165) is 28.6 Å². The second-order valence-electron chi connectivity index (χ2n) is 4.20. The molecule has 0 saturated heterocycles. The molecule has 1 aromatic carbocycles. The van der Waals surface area contributed by atoms with Gasteiger partial charge in [-0.3, -0.25) is 4.79 Å². The van der Waals surface area contributed by atoms with Gasteiger partial charge in [-0.15, -0.1) is 0 Å². The fourth-order valence-corrected chi connectivity index (χ4v) is 1.95. The van der Waals surface area contributed by atoms with Gasteiger partial charge in [0.05, 0.1) is 11.0 Å². The predicted octanol–water partition coefficient (Wildman–Crippen LogP) is 2.35. The van der Waals surface area contributed by atoms with Gasteiger partial charge in [0.25, 0.3) is 0 Å². The Kier molecular flexibility index (Phi) is 3.24. The third-order valence-electron chi connectivity index (χ3n) is 2.80. The zero-order valence-corrected chi connectivity index (χ0v) is 10.1. The molecule has 0 radical (unpaired) electrons. The SMILES string of the molecule is CCCC(=O)c1cc2nc(CO)[nH]c2cc1C. The molecule has 0 aliphatic carbocycles. The lowest BCUT2D eigenvalue weighted by molar-refractivity contribution is 0.0981. The van der Waals surface area contributed by atoms with Crippen LogP contribution in [0.3, 0.4) is 0 Å². The normalized spacial score (nSPS) is 11.0. The number of nitrogens with one attached hydrogen (secondary N) is 1. The number of aryl methyl sites for hydroxylation is 1. The van der Waals surface area contributed by atoms with Crippen LogP contribution in [-0.4, -0.2) is 20.9 Å². The summed E-state index contributed by atoms with van der Waals surface area (Å²) >= 11 is 0. The smallest absolute Gasteiger partial charge is 0.163 e. The van der Waals surface area contributed by atoms with Crippen LogP contribution in [0.15, 0.2) is 12.1 Å². The number of Topliss-reactive ketones (excluding diaryl/α,β-unsaturated/α-hetero) is 1. The Morgan fingerprint density at radius 3 is 2.88 bits per heavy atom. The molecule has 1 aromatic heterocycles. The Labute approximate surface area is 99.7 Å². The predicted molar refractivity (Wildman–Crippen MR) is 66.0 cm³/mol. The standard InChI is InChI=1S/C13H16N2O2/c1-3-4-12(17)9-6-11-10(5-8(9)2)14-13(7-16)15-11/h5-6,16H,3-4,7H2,1-2H3,(H,14,15). The lowest BCUT2D eigenvalue weighted by Crippen LogP contribution is -2.01. The van der Waals surface area contributed by atoms with E-state index in [1.165, 1.54) is 0 Å². The number of carbonyl (C=O) groups excluding carboxylic acids is 1. The van der Waals surface area contributed by atoms with Gasteiger partial charge in [0, 0.05) is 12.0 Å². The van der Waals surface area contributed by atoms with Gasteiger partial charge in [-0.05, 0) is 31.0 Å². The number of benzene rings is 1. The Hall–Kier alpha value is -1.68. The molecular weight excluding hydrogens is 216 g/mol. The van der Waals surface area contributed by atoms with Crippen molar-refractivity contribution in [2.45, 2.75) is 33.3 Å². The average Bonchev–Trinajstić information content (AvgIpc) is 2.70. The first-order chi connectivity index (χ1) is 8.15. The van der Waals surface area contributed by atoms with Crippen LogP contribution in [0.2, 0.25) is 0 Å². The van der Waals surface area contributed by atoms with E-state index in [2.05, 4.69) is 9.97 Å². The molecule has 0 aliphatic rings. The summed E-state index contributed by atoms with van der Waals surface area (Å²) in [6.07, 6.45) is 1.41. The maximum Gasteiger partial charge on any atom is 0.163 e. The summed E-state index contributed by atoms with van der Waals surface area (Å²) in [5.74, 6) is 0.680. The zero-order valence-electron chi connectivity index (χ0n) is 10.1. The number of ketones is 1. The Bertz CT molecular complexity index is 558. The van der Waals surface area contributed by atoms with Crippen molar-refractivity contribution in [3.8, 4) is 0 Å². The third kappa shape index (κ3) is 2.22. The topological polar surface area (TPSA) is 66.0 Å². The molecule has 2 N–H and O–H groups in total. The third-order valence-corrected chi connectivity index (χ3v) is 2.80. The Morgan fingerprint density at radius 2 is 2.24 bits per heavy atom. The van der Waals surface area contributed by atoms with Crippen molar-refractivity contribution in [1.82, 2.24) is 9.97 Å². The zero-order chi connectivity index (χ0) is 12.4. The van der Waals surface area contributed by atoms with E-state index in [1.54, 1.807) is 6.07 Å². The summed E-state index contributed by atoms with van der Waals surface area (Å²) in [6.45, 7) is 3.79. The van der Waals surface area contributed by atoms with Crippen molar-refractivity contribution in [1.29, 1.82) is 0 Å². The molecular formula is C13H16N2O2. The molecule has 0 spiro atoms. The van der Waals surface area contributed by atoms with Crippen molar-refractivity contribution in [2.24, 2.45) is 0 Å². The van der Waals surface area contributed by atoms with Gasteiger partial charge in [-0.2, -0.15) is 0 Å². The van der Waals surface area contributed by atoms with E-state index in [0.29, 0.717) is 12.2 Å². The quantitative estimate of drug-likeness (QED) is 0.795. The number of aliphatic hydroxyl groups is 1. The minimum absolute atomic E-state index is 0.119. The second-order valence-corrected chi connectivity index (χ2v) is 4.20. The van der Waals surface area contributed by atoms with Gasteiger partial charge in [-0.1, -0.05) is 6.92 Å². The molecule has 4 heteroatoms. The molecule has 0 amide bonds. The monoisotopic (exact) mass is 232 g/mol. The molecule has 0 bridgehead atoms. The van der Waals surface area contributed by atoms with Crippen LogP contribution in [0.1, 0.15) is 41.5 Å². The van der Waals surface area contributed by atoms with Crippen LogP contribution in [-0.2, 0) is 6.61 Å². The first-order valence-corrected chi connectivity index (χ1v) is 5.79. The summed E-state index contributed by atoms with van der Waals surface area (Å²) in [5, 5.41) is 9.01. The number of hydrogen-bond donors (Lipinski definition) is 2.